The Bertz CT molecular complexity index is 374. The summed E-state index contributed by atoms with van der Waals surface area (Å²) in [5.41, 5.74) is -0.577. The molecular formula is C9H11ClN3O2-. The van der Waals surface area contributed by atoms with E-state index in [0.29, 0.717) is 0 Å². The van der Waals surface area contributed by atoms with E-state index in [2.05, 4.69) is 15.0 Å². The SMILES string of the molecule is CC(C)(C)OC([O-])=Nc1cncc(Cl)n1. The maximum absolute atomic E-state index is 11.2. The zero-order valence-electron chi connectivity index (χ0n) is 8.69. The van der Waals surface area contributed by atoms with Gasteiger partial charge in [-0.05, 0) is 0 Å². The normalized spacial score (nSPS) is 12.7. The first-order chi connectivity index (χ1) is 6.87. The third-order valence-electron chi connectivity index (χ3n) is 1.19. The van der Waals surface area contributed by atoms with E-state index in [0.717, 1.165) is 0 Å². The Hall–Kier alpha value is -1.36. The molecule has 0 aliphatic heterocycles. The predicted octanol–water partition coefficient (Wildman–Crippen LogP) is 1.29. The van der Waals surface area contributed by atoms with Crippen LogP contribution in [0.25, 0.3) is 0 Å². The van der Waals surface area contributed by atoms with Crippen molar-refractivity contribution in [2.75, 3.05) is 0 Å². The van der Waals surface area contributed by atoms with Crippen LogP contribution in [-0.4, -0.2) is 21.7 Å². The maximum atomic E-state index is 11.2. The minimum Gasteiger partial charge on any atom is -0.594 e. The molecule has 0 aromatic carbocycles. The number of aromatic nitrogens is 2. The molecule has 1 rings (SSSR count). The maximum Gasteiger partial charge on any atom is 0.173 e. The highest BCUT2D eigenvalue weighted by molar-refractivity contribution is 6.29. The lowest BCUT2D eigenvalue weighted by Crippen LogP contribution is -2.31. The molecule has 0 spiro atoms. The third kappa shape index (κ3) is 4.60. The third-order valence-corrected chi connectivity index (χ3v) is 1.37. The highest BCUT2D eigenvalue weighted by atomic mass is 35.5. The first-order valence-corrected chi connectivity index (χ1v) is 4.67. The van der Waals surface area contributed by atoms with Crippen molar-refractivity contribution in [2.24, 2.45) is 4.99 Å². The van der Waals surface area contributed by atoms with Crippen LogP contribution in [0.15, 0.2) is 17.4 Å². The highest BCUT2D eigenvalue weighted by Crippen LogP contribution is 2.12. The minimum atomic E-state index is -0.709. The second kappa shape index (κ2) is 4.44. The van der Waals surface area contributed by atoms with Gasteiger partial charge in [0.2, 0.25) is 0 Å². The van der Waals surface area contributed by atoms with Crippen molar-refractivity contribution in [2.45, 2.75) is 26.4 Å². The van der Waals surface area contributed by atoms with Gasteiger partial charge in [-0.15, -0.1) is 0 Å². The first kappa shape index (κ1) is 11.7. The quantitative estimate of drug-likeness (QED) is 0.537. The Balaban J connectivity index is 2.79. The Morgan fingerprint density at radius 2 is 2.13 bits per heavy atom. The van der Waals surface area contributed by atoms with Crippen molar-refractivity contribution >= 4 is 23.5 Å². The summed E-state index contributed by atoms with van der Waals surface area (Å²) in [7, 11) is 0. The Morgan fingerprint density at radius 3 is 2.67 bits per heavy atom. The van der Waals surface area contributed by atoms with Crippen LogP contribution in [0, 0.1) is 0 Å². The molecule has 0 bridgehead atoms. The van der Waals surface area contributed by atoms with Crippen LogP contribution >= 0.6 is 11.6 Å². The second-order valence-electron chi connectivity index (χ2n) is 3.79. The van der Waals surface area contributed by atoms with Crippen molar-refractivity contribution in [3.8, 4) is 0 Å². The number of ether oxygens (including phenoxy) is 1. The van der Waals surface area contributed by atoms with E-state index in [-0.39, 0.29) is 11.0 Å². The van der Waals surface area contributed by atoms with Gasteiger partial charge in [0.25, 0.3) is 0 Å². The molecule has 0 radical (unpaired) electrons. The Kier molecular flexibility index (Phi) is 3.47. The molecule has 0 saturated heterocycles. The van der Waals surface area contributed by atoms with Gasteiger partial charge in [0, 0.05) is 5.60 Å². The molecule has 6 heteroatoms. The van der Waals surface area contributed by atoms with E-state index < -0.39 is 11.7 Å². The second-order valence-corrected chi connectivity index (χ2v) is 4.18. The molecule has 82 valence electrons. The molecule has 1 aromatic rings. The van der Waals surface area contributed by atoms with E-state index in [1.807, 2.05) is 0 Å². The number of nitrogens with zero attached hydrogens (tertiary/aromatic N) is 3. The van der Waals surface area contributed by atoms with Crippen LogP contribution in [0.5, 0.6) is 0 Å². The average molecular weight is 229 g/mol. The predicted molar refractivity (Wildman–Crippen MR) is 55.0 cm³/mol. The van der Waals surface area contributed by atoms with Gasteiger partial charge in [-0.1, -0.05) is 32.4 Å². The van der Waals surface area contributed by atoms with Crippen LogP contribution in [0.1, 0.15) is 20.8 Å². The van der Waals surface area contributed by atoms with Crippen molar-refractivity contribution in [1.82, 2.24) is 9.97 Å². The Morgan fingerprint density at radius 1 is 1.47 bits per heavy atom. The summed E-state index contributed by atoms with van der Waals surface area (Å²) in [6.45, 7) is 5.26. The summed E-state index contributed by atoms with van der Waals surface area (Å²) in [4.78, 5) is 11.1. The lowest BCUT2D eigenvalue weighted by Gasteiger charge is -2.29. The lowest BCUT2D eigenvalue weighted by atomic mass is 10.2. The van der Waals surface area contributed by atoms with E-state index >= 15 is 0 Å². The summed E-state index contributed by atoms with van der Waals surface area (Å²) in [5.74, 6) is 0.136. The van der Waals surface area contributed by atoms with Crippen molar-refractivity contribution in [3.63, 3.8) is 0 Å². The standard InChI is InChI=1S/C9H12ClN3O2/c1-9(2,3)15-8(14)13-7-5-11-4-6(10)12-7/h4-5H,1-3H3,(H,12,13,14)/p-1. The van der Waals surface area contributed by atoms with E-state index in [1.54, 1.807) is 20.8 Å². The summed E-state index contributed by atoms with van der Waals surface area (Å²) in [6.07, 6.45) is 1.98. The van der Waals surface area contributed by atoms with Gasteiger partial charge < -0.3 is 9.84 Å². The largest absolute Gasteiger partial charge is 0.594 e. The molecule has 1 aromatic heterocycles. The van der Waals surface area contributed by atoms with Crippen molar-refractivity contribution in [3.05, 3.63) is 17.5 Å². The molecular weight excluding hydrogens is 218 g/mol. The molecule has 0 saturated carbocycles. The molecule has 0 N–H and O–H groups in total. The molecule has 15 heavy (non-hydrogen) atoms. The van der Waals surface area contributed by atoms with Gasteiger partial charge in [0.1, 0.15) is 5.15 Å². The van der Waals surface area contributed by atoms with Crippen LogP contribution in [0.2, 0.25) is 5.15 Å². The molecule has 0 amide bonds. The number of rotatable bonds is 1. The number of aliphatic imine (C=N–C) groups is 1. The fourth-order valence-electron chi connectivity index (χ4n) is 0.765. The fourth-order valence-corrected chi connectivity index (χ4v) is 0.908. The van der Waals surface area contributed by atoms with Crippen LogP contribution in [0.4, 0.5) is 5.82 Å². The monoisotopic (exact) mass is 228 g/mol. The first-order valence-electron chi connectivity index (χ1n) is 4.29. The van der Waals surface area contributed by atoms with Gasteiger partial charge in [-0.3, -0.25) is 4.98 Å². The molecule has 0 atom stereocenters. The molecule has 0 aliphatic rings. The summed E-state index contributed by atoms with van der Waals surface area (Å²) < 4.78 is 4.97. The van der Waals surface area contributed by atoms with E-state index in [9.17, 15) is 5.11 Å². The van der Waals surface area contributed by atoms with Gasteiger partial charge in [0.15, 0.2) is 11.9 Å². The summed E-state index contributed by atoms with van der Waals surface area (Å²) in [5, 5.41) is 11.4. The minimum absolute atomic E-state index is 0.136. The molecule has 5 nitrogen and oxygen atoms in total. The number of halogens is 1. The number of hydrogen-bond acceptors (Lipinski definition) is 5. The van der Waals surface area contributed by atoms with Gasteiger partial charge in [-0.2, -0.15) is 0 Å². The fraction of sp³-hybridized carbons (Fsp3) is 0.444. The zero-order chi connectivity index (χ0) is 11.5. The molecule has 1 heterocycles. The number of hydrogen-bond donors (Lipinski definition) is 0. The van der Waals surface area contributed by atoms with Crippen molar-refractivity contribution < 1.29 is 9.84 Å². The topological polar surface area (TPSA) is 70.4 Å². The van der Waals surface area contributed by atoms with E-state index in [1.165, 1.54) is 12.4 Å². The van der Waals surface area contributed by atoms with Crippen LogP contribution in [-0.2, 0) is 4.74 Å². The van der Waals surface area contributed by atoms with E-state index in [4.69, 9.17) is 16.3 Å². The lowest BCUT2D eigenvalue weighted by molar-refractivity contribution is -0.259. The summed E-state index contributed by atoms with van der Waals surface area (Å²) in [6, 6.07) is 0. The van der Waals surface area contributed by atoms with Gasteiger partial charge >= 0.3 is 0 Å². The summed E-state index contributed by atoms with van der Waals surface area (Å²) >= 11 is 5.58. The van der Waals surface area contributed by atoms with Crippen LogP contribution < -0.4 is 5.11 Å². The Labute approximate surface area is 92.8 Å². The average Bonchev–Trinajstić information content (AvgIpc) is 1.99. The van der Waals surface area contributed by atoms with Crippen molar-refractivity contribution in [1.29, 1.82) is 0 Å². The smallest absolute Gasteiger partial charge is 0.173 e. The molecule has 0 fully saturated rings. The zero-order valence-corrected chi connectivity index (χ0v) is 9.45. The van der Waals surface area contributed by atoms with Crippen LogP contribution in [0.3, 0.4) is 0 Å². The molecule has 0 unspecified atom stereocenters. The highest BCUT2D eigenvalue weighted by Gasteiger charge is 2.04. The van der Waals surface area contributed by atoms with Gasteiger partial charge in [0.05, 0.1) is 12.4 Å². The molecule has 0 aliphatic carbocycles. The van der Waals surface area contributed by atoms with Gasteiger partial charge in [-0.25, -0.2) is 9.98 Å².